The number of benzene rings is 1. The number of hydrogen-bond acceptors (Lipinski definition) is 3. The Bertz CT molecular complexity index is 526. The zero-order valence-corrected chi connectivity index (χ0v) is 12.7. The van der Waals surface area contributed by atoms with Crippen LogP contribution in [0, 0.1) is 0 Å². The molecule has 0 aromatic heterocycles. The van der Waals surface area contributed by atoms with E-state index in [0.29, 0.717) is 15.9 Å². The lowest BCUT2D eigenvalue weighted by Gasteiger charge is -2.29. The summed E-state index contributed by atoms with van der Waals surface area (Å²) in [7, 11) is 0. The standard InChI is InChI=1S/C14H16Cl2N2O2/c1-10(19)20-17-14(18-7-3-2-4-8-18)12-6-5-11(15)9-13(12)16/h5-6,9H,2-4,7-8H2,1H3/b17-14+. The van der Waals surface area contributed by atoms with Gasteiger partial charge < -0.3 is 9.74 Å². The van der Waals surface area contributed by atoms with E-state index in [1.54, 1.807) is 18.2 Å². The number of halogens is 2. The Kier molecular flexibility index (Phi) is 5.26. The van der Waals surface area contributed by atoms with E-state index in [-0.39, 0.29) is 0 Å². The second-order valence-corrected chi connectivity index (χ2v) is 5.51. The Morgan fingerprint density at radius 3 is 2.55 bits per heavy atom. The van der Waals surface area contributed by atoms with Crippen LogP contribution in [-0.2, 0) is 9.63 Å². The summed E-state index contributed by atoms with van der Waals surface area (Å²) in [6, 6.07) is 5.20. The van der Waals surface area contributed by atoms with E-state index in [4.69, 9.17) is 28.0 Å². The van der Waals surface area contributed by atoms with E-state index in [1.165, 1.54) is 13.3 Å². The van der Waals surface area contributed by atoms with Crippen LogP contribution in [0.3, 0.4) is 0 Å². The highest BCUT2D eigenvalue weighted by Crippen LogP contribution is 2.24. The van der Waals surface area contributed by atoms with E-state index in [1.807, 2.05) is 0 Å². The van der Waals surface area contributed by atoms with Gasteiger partial charge in [0.1, 0.15) is 0 Å². The summed E-state index contributed by atoms with van der Waals surface area (Å²) in [5.74, 6) is 0.131. The first kappa shape index (κ1) is 15.1. The topological polar surface area (TPSA) is 41.9 Å². The Morgan fingerprint density at radius 1 is 1.25 bits per heavy atom. The van der Waals surface area contributed by atoms with E-state index >= 15 is 0 Å². The Morgan fingerprint density at radius 2 is 1.95 bits per heavy atom. The van der Waals surface area contributed by atoms with Gasteiger partial charge >= 0.3 is 5.97 Å². The molecular weight excluding hydrogens is 299 g/mol. The molecule has 0 N–H and O–H groups in total. The summed E-state index contributed by atoms with van der Waals surface area (Å²) in [5.41, 5.74) is 0.721. The van der Waals surface area contributed by atoms with E-state index in [9.17, 15) is 4.79 Å². The predicted molar refractivity (Wildman–Crippen MR) is 80.2 cm³/mol. The van der Waals surface area contributed by atoms with Crippen LogP contribution in [0.15, 0.2) is 23.4 Å². The maximum atomic E-state index is 11.0. The molecule has 1 aromatic carbocycles. The lowest BCUT2D eigenvalue weighted by atomic mass is 10.1. The number of carbonyl (C=O) groups excluding carboxylic acids is 1. The first-order valence-electron chi connectivity index (χ1n) is 6.54. The SMILES string of the molecule is CC(=O)O/N=C(\c1ccc(Cl)cc1Cl)N1CCCCC1. The largest absolute Gasteiger partial charge is 0.353 e. The van der Waals surface area contributed by atoms with Crippen LogP contribution in [0.2, 0.25) is 10.0 Å². The van der Waals surface area contributed by atoms with Crippen molar-refractivity contribution >= 4 is 35.0 Å². The van der Waals surface area contributed by atoms with Crippen LogP contribution in [0.5, 0.6) is 0 Å². The molecule has 108 valence electrons. The van der Waals surface area contributed by atoms with Gasteiger partial charge in [-0.05, 0) is 37.5 Å². The van der Waals surface area contributed by atoms with Crippen LogP contribution >= 0.6 is 23.2 Å². The number of amidine groups is 1. The lowest BCUT2D eigenvalue weighted by Crippen LogP contribution is -2.36. The second kappa shape index (κ2) is 6.95. The second-order valence-electron chi connectivity index (χ2n) is 4.67. The number of oxime groups is 1. The van der Waals surface area contributed by atoms with E-state index in [0.717, 1.165) is 31.5 Å². The molecule has 1 aliphatic rings. The van der Waals surface area contributed by atoms with Crippen LogP contribution in [0.4, 0.5) is 0 Å². The quantitative estimate of drug-likeness (QED) is 0.362. The molecule has 0 radical (unpaired) electrons. The maximum absolute atomic E-state index is 11.0. The predicted octanol–water partition coefficient (Wildman–Crippen LogP) is 3.70. The fraction of sp³-hybridized carbons (Fsp3) is 0.429. The van der Waals surface area contributed by atoms with Gasteiger partial charge in [0.2, 0.25) is 0 Å². The van der Waals surface area contributed by atoms with Gasteiger partial charge in [-0.3, -0.25) is 0 Å². The summed E-state index contributed by atoms with van der Waals surface area (Å²) in [6.07, 6.45) is 3.38. The average molecular weight is 315 g/mol. The van der Waals surface area contributed by atoms with Gasteiger partial charge in [0, 0.05) is 30.6 Å². The number of carbonyl (C=O) groups is 1. The number of rotatable bonds is 2. The molecule has 1 saturated heterocycles. The fourth-order valence-electron chi connectivity index (χ4n) is 2.16. The van der Waals surface area contributed by atoms with Crippen molar-refractivity contribution in [1.82, 2.24) is 4.90 Å². The van der Waals surface area contributed by atoms with Gasteiger partial charge in [-0.1, -0.05) is 28.4 Å². The summed E-state index contributed by atoms with van der Waals surface area (Å²) < 4.78 is 0. The number of piperidine rings is 1. The normalized spacial score (nSPS) is 16.1. The molecule has 0 atom stereocenters. The zero-order chi connectivity index (χ0) is 14.5. The molecule has 4 nitrogen and oxygen atoms in total. The molecule has 1 fully saturated rings. The smallest absolute Gasteiger partial charge is 0.332 e. The Hall–Kier alpha value is -1.26. The van der Waals surface area contributed by atoms with E-state index < -0.39 is 5.97 Å². The first-order chi connectivity index (χ1) is 9.58. The Labute approximate surface area is 128 Å². The summed E-state index contributed by atoms with van der Waals surface area (Å²) >= 11 is 12.1. The molecule has 0 unspecified atom stereocenters. The van der Waals surface area contributed by atoms with Gasteiger partial charge in [0.25, 0.3) is 0 Å². The van der Waals surface area contributed by atoms with Crippen molar-refractivity contribution in [2.75, 3.05) is 13.1 Å². The van der Waals surface area contributed by atoms with Crippen molar-refractivity contribution in [3.63, 3.8) is 0 Å². The van der Waals surface area contributed by atoms with Crippen molar-refractivity contribution in [1.29, 1.82) is 0 Å². The minimum Gasteiger partial charge on any atom is -0.353 e. The van der Waals surface area contributed by atoms with Crippen molar-refractivity contribution in [2.24, 2.45) is 5.16 Å². The minimum absolute atomic E-state index is 0.454. The number of nitrogens with zero attached hydrogens (tertiary/aromatic N) is 2. The molecule has 20 heavy (non-hydrogen) atoms. The highest BCUT2D eigenvalue weighted by molar-refractivity contribution is 6.36. The number of likely N-dealkylation sites (tertiary alicyclic amines) is 1. The third-order valence-corrected chi connectivity index (χ3v) is 3.64. The van der Waals surface area contributed by atoms with Crippen LogP contribution in [0.25, 0.3) is 0 Å². The van der Waals surface area contributed by atoms with Crippen molar-refractivity contribution in [2.45, 2.75) is 26.2 Å². The molecular formula is C14H16Cl2N2O2. The van der Waals surface area contributed by atoms with Gasteiger partial charge in [0.05, 0.1) is 5.02 Å². The van der Waals surface area contributed by atoms with Crippen molar-refractivity contribution in [3.8, 4) is 0 Å². The van der Waals surface area contributed by atoms with Crippen LogP contribution in [0.1, 0.15) is 31.7 Å². The molecule has 0 amide bonds. The van der Waals surface area contributed by atoms with Crippen molar-refractivity contribution < 1.29 is 9.63 Å². The highest BCUT2D eigenvalue weighted by Gasteiger charge is 2.20. The average Bonchev–Trinajstić information content (AvgIpc) is 2.42. The molecule has 0 spiro atoms. The van der Waals surface area contributed by atoms with Gasteiger partial charge in [-0.25, -0.2) is 4.79 Å². The minimum atomic E-state index is -0.454. The molecule has 6 heteroatoms. The molecule has 1 aromatic rings. The maximum Gasteiger partial charge on any atom is 0.332 e. The molecule has 0 bridgehead atoms. The third kappa shape index (κ3) is 3.87. The third-order valence-electron chi connectivity index (χ3n) is 3.09. The van der Waals surface area contributed by atoms with E-state index in [2.05, 4.69) is 10.1 Å². The fourth-order valence-corrected chi connectivity index (χ4v) is 2.65. The van der Waals surface area contributed by atoms with Crippen LogP contribution in [-0.4, -0.2) is 29.8 Å². The molecule has 0 aliphatic carbocycles. The zero-order valence-electron chi connectivity index (χ0n) is 11.2. The monoisotopic (exact) mass is 314 g/mol. The summed E-state index contributed by atoms with van der Waals surface area (Å²) in [4.78, 5) is 17.9. The van der Waals surface area contributed by atoms with Crippen molar-refractivity contribution in [3.05, 3.63) is 33.8 Å². The molecule has 0 saturated carbocycles. The van der Waals surface area contributed by atoms with Gasteiger partial charge in [0.15, 0.2) is 5.84 Å². The lowest BCUT2D eigenvalue weighted by molar-refractivity contribution is -0.141. The molecule has 2 rings (SSSR count). The van der Waals surface area contributed by atoms with Crippen LogP contribution < -0.4 is 0 Å². The highest BCUT2D eigenvalue weighted by atomic mass is 35.5. The summed E-state index contributed by atoms with van der Waals surface area (Å²) in [6.45, 7) is 3.07. The number of hydrogen-bond donors (Lipinski definition) is 0. The Balaban J connectivity index is 2.34. The van der Waals surface area contributed by atoms with Gasteiger partial charge in [-0.15, -0.1) is 0 Å². The first-order valence-corrected chi connectivity index (χ1v) is 7.29. The molecule has 1 aliphatic heterocycles. The summed E-state index contributed by atoms with van der Waals surface area (Å²) in [5, 5.41) is 5.03. The molecule has 1 heterocycles. The van der Waals surface area contributed by atoms with Gasteiger partial charge in [-0.2, -0.15) is 0 Å².